The molecule has 0 fully saturated rings. The van der Waals surface area contributed by atoms with Gasteiger partial charge in [0.15, 0.2) is 0 Å². The van der Waals surface area contributed by atoms with Gasteiger partial charge in [-0.1, -0.05) is 58.0 Å². The summed E-state index contributed by atoms with van der Waals surface area (Å²) in [7, 11) is 2.21. The highest BCUT2D eigenvalue weighted by molar-refractivity contribution is 5.14. The van der Waals surface area contributed by atoms with E-state index >= 15 is 0 Å². The fourth-order valence-corrected chi connectivity index (χ4v) is 2.44. The van der Waals surface area contributed by atoms with Crippen molar-refractivity contribution in [2.45, 2.75) is 34.2 Å². The van der Waals surface area contributed by atoms with E-state index in [1.807, 2.05) is 0 Å². The van der Waals surface area contributed by atoms with Gasteiger partial charge < -0.3 is 10.2 Å². The molecule has 0 saturated heterocycles. The van der Waals surface area contributed by atoms with E-state index in [4.69, 9.17) is 0 Å². The van der Waals surface area contributed by atoms with Gasteiger partial charge >= 0.3 is 0 Å². The van der Waals surface area contributed by atoms with E-state index in [2.05, 4.69) is 75.3 Å². The molecule has 0 aliphatic carbocycles. The third-order valence-corrected chi connectivity index (χ3v) is 3.15. The molecule has 0 amide bonds. The fourth-order valence-electron chi connectivity index (χ4n) is 2.44. The zero-order valence-electron chi connectivity index (χ0n) is 13.2. The molecule has 1 N–H and O–H groups in total. The van der Waals surface area contributed by atoms with E-state index in [1.165, 1.54) is 5.56 Å². The summed E-state index contributed by atoms with van der Waals surface area (Å²) in [5, 5.41) is 3.57. The normalized spacial score (nSPS) is 12.4. The largest absolute Gasteiger partial charge is 0.316 e. The second-order valence-corrected chi connectivity index (χ2v) is 6.85. The average Bonchev–Trinajstić information content (AvgIpc) is 2.28. The molecule has 0 heterocycles. The maximum absolute atomic E-state index is 3.57. The maximum atomic E-state index is 3.57. The summed E-state index contributed by atoms with van der Waals surface area (Å²) in [5.41, 5.74) is 1.69. The third kappa shape index (κ3) is 7.34. The van der Waals surface area contributed by atoms with Crippen molar-refractivity contribution in [2.75, 3.05) is 26.7 Å². The molecule has 0 aliphatic rings. The molecule has 1 rings (SSSR count). The Balaban J connectivity index is 2.35. The van der Waals surface area contributed by atoms with Crippen molar-refractivity contribution in [1.82, 2.24) is 10.2 Å². The van der Waals surface area contributed by atoms with E-state index in [9.17, 15) is 0 Å². The molecule has 0 spiro atoms. The molecule has 19 heavy (non-hydrogen) atoms. The van der Waals surface area contributed by atoms with Crippen LogP contribution in [-0.2, 0) is 6.54 Å². The van der Waals surface area contributed by atoms with E-state index < -0.39 is 0 Å². The molecule has 1 aromatic carbocycles. The third-order valence-electron chi connectivity index (χ3n) is 3.15. The highest BCUT2D eigenvalue weighted by atomic mass is 15.1. The number of rotatable bonds is 8. The van der Waals surface area contributed by atoms with Crippen molar-refractivity contribution in [3.8, 4) is 0 Å². The van der Waals surface area contributed by atoms with Crippen molar-refractivity contribution in [2.24, 2.45) is 11.3 Å². The van der Waals surface area contributed by atoms with Crippen molar-refractivity contribution in [3.05, 3.63) is 35.9 Å². The quantitative estimate of drug-likeness (QED) is 0.772. The smallest absolute Gasteiger partial charge is 0.0230 e. The minimum atomic E-state index is 0.304. The van der Waals surface area contributed by atoms with E-state index in [0.717, 1.165) is 32.1 Å². The molecule has 2 nitrogen and oxygen atoms in total. The van der Waals surface area contributed by atoms with Crippen LogP contribution in [0.25, 0.3) is 0 Å². The van der Waals surface area contributed by atoms with Gasteiger partial charge in [0.1, 0.15) is 0 Å². The summed E-state index contributed by atoms with van der Waals surface area (Å²) in [6.07, 6.45) is 0. The van der Waals surface area contributed by atoms with Gasteiger partial charge in [0.25, 0.3) is 0 Å². The van der Waals surface area contributed by atoms with Crippen molar-refractivity contribution < 1.29 is 0 Å². The maximum Gasteiger partial charge on any atom is 0.0230 e. The molecule has 108 valence electrons. The molecule has 1 aromatic rings. The monoisotopic (exact) mass is 262 g/mol. The van der Waals surface area contributed by atoms with Gasteiger partial charge in [0.2, 0.25) is 0 Å². The van der Waals surface area contributed by atoms with Gasteiger partial charge in [-0.15, -0.1) is 0 Å². The van der Waals surface area contributed by atoms with E-state index in [0.29, 0.717) is 5.41 Å². The average molecular weight is 262 g/mol. The second kappa shape index (κ2) is 7.66. The molecule has 0 aromatic heterocycles. The van der Waals surface area contributed by atoms with Crippen LogP contribution >= 0.6 is 0 Å². The standard InChI is InChI=1S/C17H30N2/c1-15(2)11-18-13-17(3,4)14-19(5)12-16-9-7-6-8-10-16/h6-10,15,18H,11-14H2,1-5H3. The fraction of sp³-hybridized carbons (Fsp3) is 0.647. The molecule has 0 atom stereocenters. The van der Waals surface area contributed by atoms with Crippen LogP contribution < -0.4 is 5.32 Å². The highest BCUT2D eigenvalue weighted by Crippen LogP contribution is 2.16. The summed E-state index contributed by atoms with van der Waals surface area (Å²) in [6, 6.07) is 10.7. The Kier molecular flexibility index (Phi) is 6.53. The Morgan fingerprint density at radius 1 is 1.16 bits per heavy atom. The molecular weight excluding hydrogens is 232 g/mol. The molecule has 0 radical (unpaired) electrons. The molecule has 0 unspecified atom stereocenters. The first kappa shape index (κ1) is 16.2. The lowest BCUT2D eigenvalue weighted by Gasteiger charge is -2.31. The summed E-state index contributed by atoms with van der Waals surface area (Å²) >= 11 is 0. The van der Waals surface area contributed by atoms with Crippen molar-refractivity contribution in [1.29, 1.82) is 0 Å². The Labute approximate surface area is 119 Å². The highest BCUT2D eigenvalue weighted by Gasteiger charge is 2.19. The first-order chi connectivity index (χ1) is 8.89. The van der Waals surface area contributed by atoms with E-state index in [-0.39, 0.29) is 0 Å². The van der Waals surface area contributed by atoms with Crippen LogP contribution in [0.4, 0.5) is 0 Å². The Bertz CT molecular complexity index is 344. The Hall–Kier alpha value is -0.860. The van der Waals surface area contributed by atoms with Crippen LogP contribution in [0, 0.1) is 11.3 Å². The lowest BCUT2D eigenvalue weighted by atomic mass is 9.92. The Morgan fingerprint density at radius 2 is 1.79 bits per heavy atom. The Morgan fingerprint density at radius 3 is 2.37 bits per heavy atom. The SMILES string of the molecule is CC(C)CNCC(C)(C)CN(C)Cc1ccccc1. The van der Waals surface area contributed by atoms with Gasteiger partial charge in [-0.2, -0.15) is 0 Å². The summed E-state index contributed by atoms with van der Waals surface area (Å²) < 4.78 is 0. The lowest BCUT2D eigenvalue weighted by molar-refractivity contribution is 0.197. The van der Waals surface area contributed by atoms with Crippen LogP contribution in [0.1, 0.15) is 33.3 Å². The predicted octanol–water partition coefficient (Wildman–Crippen LogP) is 3.39. The first-order valence-corrected chi connectivity index (χ1v) is 7.32. The molecule has 0 bridgehead atoms. The summed E-state index contributed by atoms with van der Waals surface area (Å²) in [6.45, 7) is 13.5. The molecule has 2 heteroatoms. The molecular formula is C17H30N2. The number of hydrogen-bond acceptors (Lipinski definition) is 2. The van der Waals surface area contributed by atoms with Crippen LogP contribution in [0.2, 0.25) is 0 Å². The minimum absolute atomic E-state index is 0.304. The number of nitrogens with zero attached hydrogens (tertiary/aromatic N) is 1. The zero-order valence-corrected chi connectivity index (χ0v) is 13.2. The van der Waals surface area contributed by atoms with Crippen LogP contribution in [-0.4, -0.2) is 31.6 Å². The number of nitrogens with one attached hydrogen (secondary N) is 1. The van der Waals surface area contributed by atoms with Gasteiger partial charge in [-0.3, -0.25) is 0 Å². The topological polar surface area (TPSA) is 15.3 Å². The number of hydrogen-bond donors (Lipinski definition) is 1. The molecule has 0 aliphatic heterocycles. The summed E-state index contributed by atoms with van der Waals surface area (Å²) in [5.74, 6) is 0.720. The van der Waals surface area contributed by atoms with Crippen LogP contribution in [0.15, 0.2) is 30.3 Å². The molecule has 0 saturated carbocycles. The minimum Gasteiger partial charge on any atom is -0.316 e. The summed E-state index contributed by atoms with van der Waals surface area (Å²) in [4.78, 5) is 2.41. The lowest BCUT2D eigenvalue weighted by Crippen LogP contribution is -2.39. The van der Waals surface area contributed by atoms with E-state index in [1.54, 1.807) is 0 Å². The van der Waals surface area contributed by atoms with Crippen LogP contribution in [0.5, 0.6) is 0 Å². The van der Waals surface area contributed by atoms with Crippen LogP contribution in [0.3, 0.4) is 0 Å². The second-order valence-electron chi connectivity index (χ2n) is 6.85. The van der Waals surface area contributed by atoms with Crippen molar-refractivity contribution >= 4 is 0 Å². The van der Waals surface area contributed by atoms with Gasteiger partial charge in [0.05, 0.1) is 0 Å². The van der Waals surface area contributed by atoms with Gasteiger partial charge in [-0.25, -0.2) is 0 Å². The van der Waals surface area contributed by atoms with Gasteiger partial charge in [-0.05, 0) is 30.5 Å². The zero-order chi connectivity index (χ0) is 14.3. The van der Waals surface area contributed by atoms with Crippen molar-refractivity contribution in [3.63, 3.8) is 0 Å². The van der Waals surface area contributed by atoms with Gasteiger partial charge in [0, 0.05) is 19.6 Å². The first-order valence-electron chi connectivity index (χ1n) is 7.32. The predicted molar refractivity (Wildman–Crippen MR) is 84.3 cm³/mol. The number of benzene rings is 1.